The topological polar surface area (TPSA) is 133 Å². The van der Waals surface area contributed by atoms with Gasteiger partial charge in [-0.25, -0.2) is 0 Å². The van der Waals surface area contributed by atoms with Gasteiger partial charge in [0.25, 0.3) is 5.56 Å². The molecule has 0 amide bonds. The third-order valence-electron chi connectivity index (χ3n) is 2.88. The highest BCUT2D eigenvalue weighted by molar-refractivity contribution is 5.85. The minimum Gasteiger partial charge on any atom is -0.426 e. The number of nitrogens with two attached hydrogens (primary N) is 1. The van der Waals surface area contributed by atoms with E-state index in [0.29, 0.717) is 0 Å². The zero-order valence-electron chi connectivity index (χ0n) is 11.5. The molecule has 108 valence electrons. The second-order valence-corrected chi connectivity index (χ2v) is 4.31. The van der Waals surface area contributed by atoms with Crippen molar-refractivity contribution in [2.75, 3.05) is 5.73 Å². The van der Waals surface area contributed by atoms with Gasteiger partial charge in [-0.15, -0.1) is 0 Å². The number of nitriles is 2. The number of pyridine rings is 1. The fourth-order valence-electron chi connectivity index (χ4n) is 2.03. The Hall–Kier alpha value is -3.58. The van der Waals surface area contributed by atoms with Crippen LogP contribution >= 0.6 is 0 Å². The number of aromatic amines is 1. The second-order valence-electron chi connectivity index (χ2n) is 4.31. The molecule has 0 aliphatic heterocycles. The SMILES string of the molecule is CC(=O)Oc1ccccc1-c1c(C#N)c(N)[nH]c(=O)c1C#N. The van der Waals surface area contributed by atoms with Crippen molar-refractivity contribution in [3.63, 3.8) is 0 Å². The number of anilines is 1. The van der Waals surface area contributed by atoms with Crippen LogP contribution in [0.2, 0.25) is 0 Å². The number of benzene rings is 1. The van der Waals surface area contributed by atoms with Crippen LogP contribution in [0.1, 0.15) is 18.1 Å². The van der Waals surface area contributed by atoms with E-state index in [1.807, 2.05) is 6.07 Å². The average molecular weight is 294 g/mol. The van der Waals surface area contributed by atoms with Crippen LogP contribution in [0, 0.1) is 22.7 Å². The van der Waals surface area contributed by atoms with E-state index in [1.54, 1.807) is 18.2 Å². The zero-order valence-corrected chi connectivity index (χ0v) is 11.5. The summed E-state index contributed by atoms with van der Waals surface area (Å²) in [5.41, 5.74) is 4.91. The van der Waals surface area contributed by atoms with E-state index in [0.717, 1.165) is 0 Å². The van der Waals surface area contributed by atoms with Gasteiger partial charge in [-0.3, -0.25) is 9.59 Å². The molecule has 0 saturated carbocycles. The molecule has 0 atom stereocenters. The fourth-order valence-corrected chi connectivity index (χ4v) is 2.03. The number of hydrogen-bond acceptors (Lipinski definition) is 6. The van der Waals surface area contributed by atoms with Gasteiger partial charge in [-0.05, 0) is 6.07 Å². The first-order valence-electron chi connectivity index (χ1n) is 6.13. The molecular formula is C15H10N4O3. The summed E-state index contributed by atoms with van der Waals surface area (Å²) in [5.74, 6) is -0.589. The van der Waals surface area contributed by atoms with Gasteiger partial charge in [0.05, 0.1) is 0 Å². The lowest BCUT2D eigenvalue weighted by Crippen LogP contribution is -2.16. The van der Waals surface area contributed by atoms with E-state index in [9.17, 15) is 20.1 Å². The predicted molar refractivity (Wildman–Crippen MR) is 77.7 cm³/mol. The van der Waals surface area contributed by atoms with Crippen LogP contribution in [0.25, 0.3) is 11.1 Å². The Bertz CT molecular complexity index is 900. The van der Waals surface area contributed by atoms with Crippen molar-refractivity contribution in [1.82, 2.24) is 4.98 Å². The number of nitrogens with one attached hydrogen (secondary N) is 1. The van der Waals surface area contributed by atoms with Crippen LogP contribution in [0.3, 0.4) is 0 Å². The lowest BCUT2D eigenvalue weighted by Gasteiger charge is -2.12. The Labute approximate surface area is 125 Å². The third kappa shape index (κ3) is 2.51. The minimum absolute atomic E-state index is 0.0445. The maximum absolute atomic E-state index is 11.9. The molecule has 7 heteroatoms. The summed E-state index contributed by atoms with van der Waals surface area (Å²) in [6.45, 7) is 1.22. The Balaban J connectivity index is 2.90. The Morgan fingerprint density at radius 1 is 1.23 bits per heavy atom. The lowest BCUT2D eigenvalue weighted by molar-refractivity contribution is -0.131. The number of nitrogen functional groups attached to an aromatic ring is 1. The maximum Gasteiger partial charge on any atom is 0.308 e. The number of nitrogens with zero attached hydrogens (tertiary/aromatic N) is 2. The van der Waals surface area contributed by atoms with E-state index >= 15 is 0 Å². The molecule has 0 unspecified atom stereocenters. The number of rotatable bonds is 2. The van der Waals surface area contributed by atoms with E-state index in [-0.39, 0.29) is 33.8 Å². The summed E-state index contributed by atoms with van der Waals surface area (Å²) in [6.07, 6.45) is 0. The molecule has 1 aromatic heterocycles. The number of esters is 1. The summed E-state index contributed by atoms with van der Waals surface area (Å²) in [7, 11) is 0. The van der Waals surface area contributed by atoms with Crippen LogP contribution in [0.4, 0.5) is 5.82 Å². The number of carbonyl (C=O) groups is 1. The van der Waals surface area contributed by atoms with Crippen molar-refractivity contribution in [2.45, 2.75) is 6.92 Å². The van der Waals surface area contributed by atoms with Gasteiger partial charge in [0.1, 0.15) is 34.8 Å². The first-order chi connectivity index (χ1) is 10.5. The van der Waals surface area contributed by atoms with Crippen molar-refractivity contribution < 1.29 is 9.53 Å². The van der Waals surface area contributed by atoms with Gasteiger partial charge in [0, 0.05) is 18.1 Å². The number of hydrogen-bond donors (Lipinski definition) is 2. The summed E-state index contributed by atoms with van der Waals surface area (Å²) in [5, 5.41) is 18.5. The monoisotopic (exact) mass is 294 g/mol. The van der Waals surface area contributed by atoms with Gasteiger partial charge in [-0.1, -0.05) is 18.2 Å². The fraction of sp³-hybridized carbons (Fsp3) is 0.0667. The molecule has 0 spiro atoms. The van der Waals surface area contributed by atoms with Gasteiger partial charge in [0.15, 0.2) is 0 Å². The molecule has 1 heterocycles. The highest BCUT2D eigenvalue weighted by Crippen LogP contribution is 2.34. The molecule has 2 rings (SSSR count). The van der Waals surface area contributed by atoms with Crippen molar-refractivity contribution in [3.05, 3.63) is 45.7 Å². The van der Waals surface area contributed by atoms with Crippen LogP contribution in [0.15, 0.2) is 29.1 Å². The number of ether oxygens (including phenoxy) is 1. The summed E-state index contributed by atoms with van der Waals surface area (Å²) < 4.78 is 5.07. The molecule has 0 aliphatic rings. The Kier molecular flexibility index (Phi) is 3.92. The predicted octanol–water partition coefficient (Wildman–Crippen LogP) is 1.29. The summed E-state index contributed by atoms with van der Waals surface area (Å²) in [4.78, 5) is 25.3. The van der Waals surface area contributed by atoms with Crippen molar-refractivity contribution >= 4 is 11.8 Å². The first-order valence-corrected chi connectivity index (χ1v) is 6.13. The number of carbonyl (C=O) groups excluding carboxylic acids is 1. The molecule has 2 aromatic rings. The molecule has 1 aromatic carbocycles. The second kappa shape index (κ2) is 5.81. The van der Waals surface area contributed by atoms with E-state index in [4.69, 9.17) is 10.5 Å². The van der Waals surface area contributed by atoms with Crippen molar-refractivity contribution in [1.29, 1.82) is 10.5 Å². The first kappa shape index (κ1) is 14.8. The van der Waals surface area contributed by atoms with Gasteiger partial charge in [-0.2, -0.15) is 10.5 Å². The molecule has 0 aliphatic carbocycles. The van der Waals surface area contributed by atoms with Gasteiger partial charge >= 0.3 is 5.97 Å². The largest absolute Gasteiger partial charge is 0.426 e. The lowest BCUT2D eigenvalue weighted by atomic mass is 9.96. The van der Waals surface area contributed by atoms with Crippen LogP contribution in [-0.4, -0.2) is 11.0 Å². The van der Waals surface area contributed by atoms with Crippen molar-refractivity contribution in [2.24, 2.45) is 0 Å². The van der Waals surface area contributed by atoms with Crippen LogP contribution < -0.4 is 16.0 Å². The third-order valence-corrected chi connectivity index (χ3v) is 2.88. The molecule has 3 N–H and O–H groups in total. The van der Waals surface area contributed by atoms with Crippen LogP contribution in [0.5, 0.6) is 5.75 Å². The summed E-state index contributed by atoms with van der Waals surface area (Å²) >= 11 is 0. The molecule has 7 nitrogen and oxygen atoms in total. The van der Waals surface area contributed by atoms with E-state index in [2.05, 4.69) is 4.98 Å². The Morgan fingerprint density at radius 2 is 1.86 bits per heavy atom. The maximum atomic E-state index is 11.9. The number of aromatic nitrogens is 1. The molecule has 0 fully saturated rings. The highest BCUT2D eigenvalue weighted by Gasteiger charge is 2.21. The molecular weight excluding hydrogens is 284 g/mol. The smallest absolute Gasteiger partial charge is 0.308 e. The highest BCUT2D eigenvalue weighted by atomic mass is 16.5. The van der Waals surface area contributed by atoms with E-state index in [1.165, 1.54) is 19.1 Å². The normalized spacial score (nSPS) is 9.59. The molecule has 0 radical (unpaired) electrons. The van der Waals surface area contributed by atoms with Gasteiger partial charge in [0.2, 0.25) is 0 Å². The molecule has 22 heavy (non-hydrogen) atoms. The Morgan fingerprint density at radius 3 is 2.45 bits per heavy atom. The number of H-pyrrole nitrogens is 1. The van der Waals surface area contributed by atoms with Crippen LogP contribution in [-0.2, 0) is 4.79 Å². The average Bonchev–Trinajstić information content (AvgIpc) is 2.46. The quantitative estimate of drug-likeness (QED) is 0.633. The zero-order chi connectivity index (χ0) is 16.3. The minimum atomic E-state index is -0.716. The van der Waals surface area contributed by atoms with E-state index < -0.39 is 11.5 Å². The molecule has 0 bridgehead atoms. The standard InChI is InChI=1S/C15H10N4O3/c1-8(20)22-12-5-3-2-4-9(12)13-10(6-16)14(18)19-15(21)11(13)7-17/h2-5H,1H3,(H3,18,19,21). The van der Waals surface area contributed by atoms with Crippen molar-refractivity contribution in [3.8, 4) is 29.0 Å². The number of para-hydroxylation sites is 1. The van der Waals surface area contributed by atoms with Gasteiger partial charge < -0.3 is 15.5 Å². The summed E-state index contributed by atoms with van der Waals surface area (Å²) in [6, 6.07) is 9.89. The molecule has 0 saturated heterocycles.